The van der Waals surface area contributed by atoms with Crippen LogP contribution in [0.3, 0.4) is 0 Å². The molecule has 2 aliphatic rings. The molecule has 302 valence electrons. The Labute approximate surface area is 338 Å². The van der Waals surface area contributed by atoms with Gasteiger partial charge in [-0.1, -0.05) is 147 Å². The van der Waals surface area contributed by atoms with E-state index in [1.54, 1.807) is 12.7 Å². The molecule has 0 radical (unpaired) electrons. The van der Waals surface area contributed by atoms with Gasteiger partial charge in [-0.2, -0.15) is 0 Å². The van der Waals surface area contributed by atoms with Crippen LogP contribution >= 0.6 is 0 Å². The first-order valence-electron chi connectivity index (χ1n) is 21.2. The summed E-state index contributed by atoms with van der Waals surface area (Å²) in [5, 5.41) is 2.84. The van der Waals surface area contributed by atoms with Crippen LogP contribution in [0.5, 0.6) is 5.75 Å². The second-order valence-electron chi connectivity index (χ2n) is 20.0. The summed E-state index contributed by atoms with van der Waals surface area (Å²) in [5.74, 6) is 4.27. The molecule has 0 heterocycles. The van der Waals surface area contributed by atoms with Crippen molar-refractivity contribution < 1.29 is 18.3 Å². The van der Waals surface area contributed by atoms with Gasteiger partial charge in [-0.15, -0.1) is 0 Å². The smallest absolute Gasteiger partial charge is 0.261 e. The van der Waals surface area contributed by atoms with Crippen molar-refractivity contribution in [1.29, 1.82) is 0 Å². The maximum Gasteiger partial charge on any atom is 0.261 e. The summed E-state index contributed by atoms with van der Waals surface area (Å²) >= 11 is 0. The van der Waals surface area contributed by atoms with Gasteiger partial charge in [0, 0.05) is 19.3 Å². The van der Waals surface area contributed by atoms with Gasteiger partial charge in [0.2, 0.25) is 0 Å². The summed E-state index contributed by atoms with van der Waals surface area (Å²) in [7, 11) is -2.96. The molecule has 0 aromatic heterocycles. The van der Waals surface area contributed by atoms with Gasteiger partial charge in [0.25, 0.3) is 8.32 Å². The van der Waals surface area contributed by atoms with Crippen molar-refractivity contribution in [3.8, 4) is 5.75 Å². The van der Waals surface area contributed by atoms with Gasteiger partial charge < -0.3 is 18.3 Å². The summed E-state index contributed by atoms with van der Waals surface area (Å²) in [6.45, 7) is 31.1. The molecule has 0 N–H and O–H groups in total. The number of hydrogen-bond donors (Lipinski definition) is 0. The van der Waals surface area contributed by atoms with Gasteiger partial charge in [0.15, 0.2) is 8.32 Å². The summed E-state index contributed by atoms with van der Waals surface area (Å²) in [4.78, 5) is 0. The van der Waals surface area contributed by atoms with E-state index < -0.39 is 16.6 Å². The Morgan fingerprint density at radius 2 is 1.31 bits per heavy atom. The van der Waals surface area contributed by atoms with Crippen LogP contribution in [0.4, 0.5) is 0 Å². The highest BCUT2D eigenvalue weighted by Crippen LogP contribution is 2.53. The van der Waals surface area contributed by atoms with Crippen LogP contribution in [-0.4, -0.2) is 43.1 Å². The maximum atomic E-state index is 8.06. The number of benzene rings is 3. The summed E-state index contributed by atoms with van der Waals surface area (Å²) in [6, 6.07) is 30.7. The lowest BCUT2D eigenvalue weighted by Gasteiger charge is -2.53. The predicted octanol–water partition coefficient (Wildman–Crippen LogP) is 11.7. The predicted molar refractivity (Wildman–Crippen MR) is 237 cm³/mol. The zero-order valence-corrected chi connectivity index (χ0v) is 38.7. The number of ether oxygens (including phenoxy) is 2. The van der Waals surface area contributed by atoms with Crippen molar-refractivity contribution in [1.82, 2.24) is 0 Å². The number of rotatable bonds is 15. The molecule has 1 saturated carbocycles. The molecule has 3 aromatic carbocycles. The van der Waals surface area contributed by atoms with E-state index in [1.807, 2.05) is 12.1 Å². The summed E-state index contributed by atoms with van der Waals surface area (Å²) in [6.07, 6.45) is 6.10. The molecule has 3 aromatic rings. The lowest BCUT2D eigenvalue weighted by molar-refractivity contribution is -0.0378. The quantitative estimate of drug-likeness (QED) is 0.114. The molecule has 1 fully saturated rings. The zero-order valence-electron chi connectivity index (χ0n) is 36.7. The van der Waals surface area contributed by atoms with E-state index in [0.717, 1.165) is 38.2 Å². The minimum Gasteiger partial charge on any atom is -0.497 e. The fourth-order valence-electron chi connectivity index (χ4n) is 9.62. The van der Waals surface area contributed by atoms with Gasteiger partial charge in [0.05, 0.1) is 13.7 Å². The Balaban J connectivity index is 1.53. The molecule has 0 aliphatic heterocycles. The third-order valence-electron chi connectivity index (χ3n) is 13.8. The van der Waals surface area contributed by atoms with E-state index in [1.165, 1.54) is 15.9 Å². The van der Waals surface area contributed by atoms with Crippen molar-refractivity contribution in [3.05, 3.63) is 102 Å². The Hall–Kier alpha value is -2.49. The van der Waals surface area contributed by atoms with Crippen molar-refractivity contribution in [2.24, 2.45) is 41.4 Å². The third-order valence-corrected chi connectivity index (χ3v) is 23.4. The second-order valence-corrected chi connectivity index (χ2v) is 29.0. The molecule has 0 saturated heterocycles. The van der Waals surface area contributed by atoms with E-state index in [4.69, 9.17) is 18.3 Å². The molecule has 5 rings (SSSR count). The van der Waals surface area contributed by atoms with Crippen molar-refractivity contribution in [2.45, 2.75) is 124 Å². The molecule has 6 heteroatoms. The highest BCUT2D eigenvalue weighted by molar-refractivity contribution is 6.99. The molecule has 0 amide bonds. The van der Waals surface area contributed by atoms with Crippen molar-refractivity contribution >= 4 is 27.0 Å². The zero-order chi connectivity index (χ0) is 40.2. The first-order valence-corrected chi connectivity index (χ1v) is 26.0. The van der Waals surface area contributed by atoms with Crippen LogP contribution in [0.25, 0.3) is 0 Å². The minimum absolute atomic E-state index is 0.0743. The molecule has 0 bridgehead atoms. The molecule has 2 aliphatic carbocycles. The van der Waals surface area contributed by atoms with Gasteiger partial charge >= 0.3 is 0 Å². The number of hydrogen-bond acceptors (Lipinski definition) is 4. The topological polar surface area (TPSA) is 36.9 Å². The number of allylic oxidation sites excluding steroid dienone is 2. The Kier molecular flexibility index (Phi) is 14.3. The molecular weight excluding hydrogens is 709 g/mol. The number of fused-ring (bicyclic) bond motifs is 1. The fraction of sp³-hybridized carbons (Fsp3) is 0.592. The SMILES string of the molecule is COc1ccc(COC[C@@H](C)[C@@H]2C[C@@H](O[Si](c3ccccc3)(c3ccccc3)C(C)(C)C)C[C@H]3[C@@H]2C=C(C)C[C@H]3[C@H](CO[Si](C)(C)C(C)(C)C)C(C)C)cc1. The summed E-state index contributed by atoms with van der Waals surface area (Å²) in [5.41, 5.74) is 2.73. The Morgan fingerprint density at radius 3 is 1.82 bits per heavy atom. The minimum atomic E-state index is -2.76. The average Bonchev–Trinajstić information content (AvgIpc) is 3.13. The maximum absolute atomic E-state index is 8.06. The lowest BCUT2D eigenvalue weighted by Crippen LogP contribution is -2.68. The average molecular weight is 783 g/mol. The van der Waals surface area contributed by atoms with Gasteiger partial charge in [-0.25, -0.2) is 0 Å². The third kappa shape index (κ3) is 9.98. The van der Waals surface area contributed by atoms with E-state index in [-0.39, 0.29) is 16.2 Å². The first kappa shape index (κ1) is 43.6. The van der Waals surface area contributed by atoms with Crippen LogP contribution in [0.2, 0.25) is 23.2 Å². The number of methoxy groups -OCH3 is 1. The van der Waals surface area contributed by atoms with Gasteiger partial charge in [-0.3, -0.25) is 0 Å². The molecule has 55 heavy (non-hydrogen) atoms. The van der Waals surface area contributed by atoms with E-state index in [0.29, 0.717) is 48.0 Å². The molecule has 0 spiro atoms. The largest absolute Gasteiger partial charge is 0.497 e. The van der Waals surface area contributed by atoms with Crippen LogP contribution < -0.4 is 15.1 Å². The highest BCUT2D eigenvalue weighted by Gasteiger charge is 2.54. The lowest BCUT2D eigenvalue weighted by atomic mass is 9.56. The van der Waals surface area contributed by atoms with Crippen LogP contribution in [-0.2, 0) is 20.2 Å². The first-order chi connectivity index (χ1) is 25.9. The standard InChI is InChI=1S/C49H74O4Si2/c1-35(2)47(34-52-54(12,13)48(5,6)7)45-29-36(3)28-44-43(37(4)32-51-33-38-24-26-39(50-11)27-25-38)30-40(31-46(44)45)53-55(49(8,9)10,41-20-16-14-17-21-41)42-22-18-15-19-23-42/h14-28,35,37,40,43-47H,29-34H2,1-13H3/t37-,40-,43+,44-,45-,46+,47-/m1/s1. The van der Waals surface area contributed by atoms with Crippen molar-refractivity contribution in [3.63, 3.8) is 0 Å². The van der Waals surface area contributed by atoms with E-state index in [9.17, 15) is 0 Å². The fourth-order valence-corrected chi connectivity index (χ4v) is 15.4. The highest BCUT2D eigenvalue weighted by atomic mass is 28.4. The van der Waals surface area contributed by atoms with Gasteiger partial charge in [0.1, 0.15) is 5.75 Å². The monoisotopic (exact) mass is 783 g/mol. The van der Waals surface area contributed by atoms with Crippen LogP contribution in [0.15, 0.2) is 96.6 Å². The Bertz CT molecular complexity index is 1620. The normalized spacial score (nSPS) is 23.5. The van der Waals surface area contributed by atoms with Crippen LogP contribution in [0, 0.1) is 41.4 Å². The van der Waals surface area contributed by atoms with Crippen molar-refractivity contribution in [2.75, 3.05) is 20.3 Å². The van der Waals surface area contributed by atoms with Gasteiger partial charge in [-0.05, 0) is 119 Å². The second kappa shape index (κ2) is 18.0. The molecule has 7 atom stereocenters. The molecule has 4 nitrogen and oxygen atoms in total. The summed E-state index contributed by atoms with van der Waals surface area (Å²) < 4.78 is 27.1. The van der Waals surface area contributed by atoms with Crippen LogP contribution in [0.1, 0.15) is 94.1 Å². The van der Waals surface area contributed by atoms with E-state index >= 15 is 0 Å². The van der Waals surface area contributed by atoms with E-state index in [2.05, 4.69) is 161 Å². The molecule has 0 unspecified atom stereocenters. The molecular formula is C49H74O4Si2. The Morgan fingerprint density at radius 1 is 0.727 bits per heavy atom.